The minimum absolute atomic E-state index is 0.118. The van der Waals surface area contributed by atoms with Crippen LogP contribution >= 0.6 is 0 Å². The van der Waals surface area contributed by atoms with Crippen molar-refractivity contribution in [3.63, 3.8) is 0 Å². The van der Waals surface area contributed by atoms with Gasteiger partial charge in [0.1, 0.15) is 0 Å². The molecule has 0 fully saturated rings. The highest BCUT2D eigenvalue weighted by Gasteiger charge is 2.29. The second kappa shape index (κ2) is 5.69. The molecule has 14 heavy (non-hydrogen) atoms. The van der Waals surface area contributed by atoms with Gasteiger partial charge in [0.15, 0.2) is 6.61 Å². The Labute approximate surface area is 79.0 Å². The van der Waals surface area contributed by atoms with Crippen molar-refractivity contribution < 1.29 is 27.8 Å². The van der Waals surface area contributed by atoms with E-state index in [9.17, 15) is 18.0 Å². The Bertz CT molecular complexity index is 184. The van der Waals surface area contributed by atoms with E-state index in [1.807, 2.05) is 5.32 Å². The molecule has 0 aromatic heterocycles. The Morgan fingerprint density at radius 2 is 2.14 bits per heavy atom. The van der Waals surface area contributed by atoms with Crippen molar-refractivity contribution in [3.05, 3.63) is 0 Å². The molecular weight excluding hydrogens is 203 g/mol. The highest BCUT2D eigenvalue weighted by Crippen LogP contribution is 2.14. The molecule has 1 atom stereocenters. The third-order valence-corrected chi connectivity index (χ3v) is 1.32. The molecule has 0 rings (SSSR count). The van der Waals surface area contributed by atoms with Crippen molar-refractivity contribution >= 4 is 6.09 Å². The summed E-state index contributed by atoms with van der Waals surface area (Å²) in [6.07, 6.45) is -6.08. The molecule has 0 heterocycles. The van der Waals surface area contributed by atoms with E-state index in [1.54, 1.807) is 6.92 Å². The summed E-state index contributed by atoms with van der Waals surface area (Å²) in [6.45, 7) is -0.0678. The molecule has 0 radical (unpaired) electrons. The molecule has 4 nitrogen and oxygen atoms in total. The summed E-state index contributed by atoms with van der Waals surface area (Å²) in [4.78, 5) is 10.6. The van der Waals surface area contributed by atoms with Crippen molar-refractivity contribution in [1.82, 2.24) is 5.32 Å². The Morgan fingerprint density at radius 1 is 1.57 bits per heavy atom. The van der Waals surface area contributed by atoms with Crippen molar-refractivity contribution in [2.24, 2.45) is 0 Å². The normalized spacial score (nSPS) is 13.5. The molecule has 2 N–H and O–H groups in total. The molecule has 0 bridgehead atoms. The van der Waals surface area contributed by atoms with E-state index in [-0.39, 0.29) is 6.54 Å². The number of halogens is 3. The molecule has 0 aliphatic rings. The van der Waals surface area contributed by atoms with Gasteiger partial charge in [-0.25, -0.2) is 4.79 Å². The van der Waals surface area contributed by atoms with Crippen LogP contribution in [0, 0.1) is 0 Å². The van der Waals surface area contributed by atoms with Gasteiger partial charge in [0.25, 0.3) is 0 Å². The predicted octanol–water partition coefficient (Wildman–Crippen LogP) is 1.05. The minimum atomic E-state index is -4.53. The van der Waals surface area contributed by atoms with Gasteiger partial charge in [-0.2, -0.15) is 13.2 Å². The number of rotatable bonds is 4. The first-order valence-electron chi connectivity index (χ1n) is 4.00. The van der Waals surface area contributed by atoms with Crippen LogP contribution in [-0.2, 0) is 4.74 Å². The van der Waals surface area contributed by atoms with Crippen LogP contribution in [0.4, 0.5) is 18.0 Å². The zero-order chi connectivity index (χ0) is 11.2. The van der Waals surface area contributed by atoms with Crippen LogP contribution in [-0.4, -0.2) is 36.6 Å². The third kappa shape index (κ3) is 7.66. The summed E-state index contributed by atoms with van der Waals surface area (Å²) in [5.74, 6) is 0. The summed E-state index contributed by atoms with van der Waals surface area (Å²) in [7, 11) is 0. The van der Waals surface area contributed by atoms with E-state index in [4.69, 9.17) is 5.11 Å². The Balaban J connectivity index is 3.57. The molecule has 0 aliphatic heterocycles. The first-order chi connectivity index (χ1) is 6.35. The highest BCUT2D eigenvalue weighted by atomic mass is 19.4. The van der Waals surface area contributed by atoms with Crippen molar-refractivity contribution in [3.8, 4) is 0 Å². The van der Waals surface area contributed by atoms with Gasteiger partial charge in [-0.15, -0.1) is 0 Å². The monoisotopic (exact) mass is 215 g/mol. The van der Waals surface area contributed by atoms with Crippen LogP contribution in [0.1, 0.15) is 13.3 Å². The number of ether oxygens (including phenoxy) is 1. The summed E-state index contributed by atoms with van der Waals surface area (Å²) < 4.78 is 38.4. The van der Waals surface area contributed by atoms with E-state index in [1.165, 1.54) is 0 Å². The second-order valence-corrected chi connectivity index (χ2v) is 2.63. The molecule has 7 heteroatoms. The van der Waals surface area contributed by atoms with Crippen LogP contribution in [0.3, 0.4) is 0 Å². The van der Waals surface area contributed by atoms with Gasteiger partial charge in [-0.05, 0) is 6.42 Å². The Hall–Kier alpha value is -0.980. The number of hydrogen-bond donors (Lipinski definition) is 2. The van der Waals surface area contributed by atoms with E-state index < -0.39 is 25.0 Å². The SMILES string of the molecule is CCC(O)CNC(=O)OCC(F)(F)F. The van der Waals surface area contributed by atoms with Gasteiger partial charge in [-0.1, -0.05) is 6.92 Å². The molecule has 0 spiro atoms. The highest BCUT2D eigenvalue weighted by molar-refractivity contribution is 5.67. The van der Waals surface area contributed by atoms with Gasteiger partial charge in [-0.3, -0.25) is 0 Å². The smallest absolute Gasteiger partial charge is 0.422 e. The second-order valence-electron chi connectivity index (χ2n) is 2.63. The molecule has 84 valence electrons. The quantitative estimate of drug-likeness (QED) is 0.736. The molecule has 1 unspecified atom stereocenters. The minimum Gasteiger partial charge on any atom is -0.440 e. The summed E-state index contributed by atoms with van der Waals surface area (Å²) in [5, 5.41) is 10.9. The summed E-state index contributed by atoms with van der Waals surface area (Å²) in [6, 6.07) is 0. The van der Waals surface area contributed by atoms with Crippen molar-refractivity contribution in [1.29, 1.82) is 0 Å². The Morgan fingerprint density at radius 3 is 2.57 bits per heavy atom. The van der Waals surface area contributed by atoms with Gasteiger partial charge in [0.05, 0.1) is 6.10 Å². The number of carbonyl (C=O) groups is 1. The Kier molecular flexibility index (Phi) is 5.29. The number of nitrogens with one attached hydrogen (secondary N) is 1. The maximum absolute atomic E-state index is 11.5. The lowest BCUT2D eigenvalue weighted by atomic mass is 10.3. The lowest BCUT2D eigenvalue weighted by Gasteiger charge is -2.11. The first-order valence-corrected chi connectivity index (χ1v) is 4.00. The van der Waals surface area contributed by atoms with E-state index in [0.29, 0.717) is 6.42 Å². The van der Waals surface area contributed by atoms with Gasteiger partial charge in [0.2, 0.25) is 0 Å². The number of amides is 1. The fourth-order valence-electron chi connectivity index (χ4n) is 0.544. The molecule has 0 aromatic rings. The van der Waals surface area contributed by atoms with Crippen molar-refractivity contribution in [2.75, 3.05) is 13.2 Å². The fourth-order valence-corrected chi connectivity index (χ4v) is 0.544. The fraction of sp³-hybridized carbons (Fsp3) is 0.857. The zero-order valence-corrected chi connectivity index (χ0v) is 7.60. The first kappa shape index (κ1) is 13.0. The lowest BCUT2D eigenvalue weighted by Crippen LogP contribution is -2.34. The summed E-state index contributed by atoms with van der Waals surface area (Å²) >= 11 is 0. The number of hydrogen-bond acceptors (Lipinski definition) is 3. The van der Waals surface area contributed by atoms with E-state index in [0.717, 1.165) is 0 Å². The summed E-state index contributed by atoms with van der Waals surface area (Å²) in [5.41, 5.74) is 0. The molecule has 0 aromatic carbocycles. The number of alkyl halides is 3. The van der Waals surface area contributed by atoms with Gasteiger partial charge < -0.3 is 15.2 Å². The zero-order valence-electron chi connectivity index (χ0n) is 7.60. The average molecular weight is 215 g/mol. The van der Waals surface area contributed by atoms with Crippen LogP contribution < -0.4 is 5.32 Å². The molecule has 0 aliphatic carbocycles. The number of aliphatic hydroxyl groups is 1. The largest absolute Gasteiger partial charge is 0.440 e. The van der Waals surface area contributed by atoms with Crippen LogP contribution in [0.5, 0.6) is 0 Å². The number of carbonyl (C=O) groups excluding carboxylic acids is 1. The van der Waals surface area contributed by atoms with Crippen LogP contribution in [0.15, 0.2) is 0 Å². The number of alkyl carbamates (subject to hydrolysis) is 1. The van der Waals surface area contributed by atoms with Gasteiger partial charge in [0, 0.05) is 6.54 Å². The maximum atomic E-state index is 11.5. The average Bonchev–Trinajstić information content (AvgIpc) is 2.09. The van der Waals surface area contributed by atoms with Crippen LogP contribution in [0.25, 0.3) is 0 Å². The molecule has 1 amide bonds. The lowest BCUT2D eigenvalue weighted by molar-refractivity contribution is -0.160. The molecule has 0 saturated heterocycles. The number of aliphatic hydroxyl groups excluding tert-OH is 1. The molecular formula is C7H12F3NO3. The van der Waals surface area contributed by atoms with Gasteiger partial charge >= 0.3 is 12.3 Å². The van der Waals surface area contributed by atoms with Crippen LogP contribution in [0.2, 0.25) is 0 Å². The van der Waals surface area contributed by atoms with E-state index >= 15 is 0 Å². The predicted molar refractivity (Wildman–Crippen MR) is 41.7 cm³/mol. The topological polar surface area (TPSA) is 58.6 Å². The maximum Gasteiger partial charge on any atom is 0.422 e. The van der Waals surface area contributed by atoms with E-state index in [2.05, 4.69) is 4.74 Å². The molecule has 0 saturated carbocycles. The third-order valence-electron chi connectivity index (χ3n) is 1.32. The standard InChI is InChI=1S/C7H12F3NO3/c1-2-5(12)3-11-6(13)14-4-7(8,9)10/h5,12H,2-4H2,1H3,(H,11,13). The van der Waals surface area contributed by atoms with Crippen molar-refractivity contribution in [2.45, 2.75) is 25.6 Å².